The van der Waals surface area contributed by atoms with Gasteiger partial charge in [0.15, 0.2) is 11.5 Å². The molecule has 3 nitrogen and oxygen atoms in total. The van der Waals surface area contributed by atoms with E-state index < -0.39 is 0 Å². The molecule has 1 aromatic rings. The van der Waals surface area contributed by atoms with Crippen molar-refractivity contribution in [1.82, 2.24) is 0 Å². The molecule has 0 radical (unpaired) electrons. The van der Waals surface area contributed by atoms with E-state index in [1.165, 1.54) is 0 Å². The van der Waals surface area contributed by atoms with Crippen LogP contribution in [0.3, 0.4) is 0 Å². The molecule has 14 heavy (non-hydrogen) atoms. The quantitative estimate of drug-likeness (QED) is 0.645. The zero-order valence-corrected chi connectivity index (χ0v) is 11.2. The molecule has 1 saturated heterocycles. The smallest absolute Gasteiger partial charge is 0.160 e. The van der Waals surface area contributed by atoms with Crippen LogP contribution in [0.1, 0.15) is 5.56 Å². The second kappa shape index (κ2) is 4.76. The maximum Gasteiger partial charge on any atom is 0.160 e. The minimum Gasteiger partial charge on any atom is -0.504 e. The molecule has 1 unspecified atom stereocenters. The van der Waals surface area contributed by atoms with Crippen molar-refractivity contribution >= 4 is 0 Å². The number of epoxide rings is 1. The Bertz CT molecular complexity index is 310. The molecular weight excluding hydrogens is 233 g/mol. The summed E-state index contributed by atoms with van der Waals surface area (Å²) in [6.07, 6.45) is 1.27. The van der Waals surface area contributed by atoms with Crippen molar-refractivity contribution in [3.8, 4) is 11.5 Å². The SMILES string of the molecule is COc1cc(CC2CO2)ccc1O.[Zn]. The van der Waals surface area contributed by atoms with Crippen molar-refractivity contribution < 1.29 is 34.1 Å². The molecule has 72 valence electrons. The summed E-state index contributed by atoms with van der Waals surface area (Å²) in [6, 6.07) is 5.38. The number of benzene rings is 1. The van der Waals surface area contributed by atoms with Crippen LogP contribution in [0.4, 0.5) is 0 Å². The Balaban J connectivity index is 0.000000980. The molecule has 0 spiro atoms. The van der Waals surface area contributed by atoms with Gasteiger partial charge in [-0.2, -0.15) is 0 Å². The molecule has 2 rings (SSSR count). The van der Waals surface area contributed by atoms with Gasteiger partial charge in [-0.05, 0) is 17.7 Å². The van der Waals surface area contributed by atoms with Gasteiger partial charge in [-0.3, -0.25) is 0 Å². The first-order chi connectivity index (χ1) is 6.29. The van der Waals surface area contributed by atoms with Crippen LogP contribution in [0.15, 0.2) is 18.2 Å². The van der Waals surface area contributed by atoms with E-state index in [1.807, 2.05) is 12.1 Å². The average molecular weight is 246 g/mol. The molecule has 1 aromatic carbocycles. The molecule has 1 aliphatic rings. The topological polar surface area (TPSA) is 42.0 Å². The van der Waals surface area contributed by atoms with Gasteiger partial charge >= 0.3 is 0 Å². The summed E-state index contributed by atoms with van der Waals surface area (Å²) < 4.78 is 10.1. The van der Waals surface area contributed by atoms with Crippen LogP contribution in [0.2, 0.25) is 0 Å². The van der Waals surface area contributed by atoms with Gasteiger partial charge in [0.25, 0.3) is 0 Å². The van der Waals surface area contributed by atoms with Crippen molar-refractivity contribution in [2.45, 2.75) is 12.5 Å². The summed E-state index contributed by atoms with van der Waals surface area (Å²) in [5, 5.41) is 9.33. The van der Waals surface area contributed by atoms with E-state index in [-0.39, 0.29) is 25.2 Å². The van der Waals surface area contributed by atoms with Gasteiger partial charge in [0.1, 0.15) is 0 Å². The van der Waals surface area contributed by atoms with E-state index in [9.17, 15) is 5.11 Å². The predicted molar refractivity (Wildman–Crippen MR) is 48.1 cm³/mol. The Labute approximate surface area is 95.8 Å². The van der Waals surface area contributed by atoms with E-state index >= 15 is 0 Å². The minimum absolute atomic E-state index is 0. The normalized spacial score (nSPS) is 18.5. The van der Waals surface area contributed by atoms with E-state index in [0.717, 1.165) is 18.6 Å². The minimum atomic E-state index is 0. The van der Waals surface area contributed by atoms with Crippen molar-refractivity contribution in [1.29, 1.82) is 0 Å². The molecule has 1 atom stereocenters. The van der Waals surface area contributed by atoms with Gasteiger partial charge < -0.3 is 14.6 Å². The van der Waals surface area contributed by atoms with Crippen LogP contribution in [-0.4, -0.2) is 24.9 Å². The molecule has 0 saturated carbocycles. The summed E-state index contributed by atoms with van der Waals surface area (Å²) >= 11 is 0. The van der Waals surface area contributed by atoms with Crippen LogP contribution in [0, 0.1) is 0 Å². The number of hydrogen-bond donors (Lipinski definition) is 1. The molecular formula is C10H12O3Zn. The number of phenols is 1. The number of ether oxygens (including phenoxy) is 2. The second-order valence-corrected chi connectivity index (χ2v) is 3.17. The standard InChI is InChI=1S/C10H12O3.Zn/c1-12-10-5-7(2-3-9(10)11)4-8-6-13-8;/h2-3,5,8,11H,4,6H2,1H3;. The number of rotatable bonds is 3. The van der Waals surface area contributed by atoms with E-state index in [0.29, 0.717) is 11.9 Å². The number of hydrogen-bond acceptors (Lipinski definition) is 3. The Morgan fingerprint density at radius 2 is 2.29 bits per heavy atom. The Morgan fingerprint density at radius 1 is 1.57 bits per heavy atom. The van der Waals surface area contributed by atoms with Gasteiger partial charge in [-0.25, -0.2) is 0 Å². The predicted octanol–water partition coefficient (Wildman–Crippen LogP) is 1.34. The van der Waals surface area contributed by atoms with Crippen molar-refractivity contribution in [3.63, 3.8) is 0 Å². The monoisotopic (exact) mass is 244 g/mol. The molecule has 0 aliphatic carbocycles. The first kappa shape index (κ1) is 11.5. The van der Waals surface area contributed by atoms with Crippen LogP contribution < -0.4 is 4.74 Å². The number of phenolic OH excluding ortho intramolecular Hbond substituents is 1. The maximum atomic E-state index is 9.33. The summed E-state index contributed by atoms with van der Waals surface area (Å²) in [6.45, 7) is 0.850. The molecule has 0 aromatic heterocycles. The molecule has 1 fully saturated rings. The van der Waals surface area contributed by atoms with Gasteiger partial charge in [-0.1, -0.05) is 6.07 Å². The largest absolute Gasteiger partial charge is 0.504 e. The summed E-state index contributed by atoms with van der Waals surface area (Å²) in [5.74, 6) is 0.709. The zero-order valence-electron chi connectivity index (χ0n) is 8.19. The molecule has 1 N–H and O–H groups in total. The second-order valence-electron chi connectivity index (χ2n) is 3.17. The summed E-state index contributed by atoms with van der Waals surface area (Å²) in [4.78, 5) is 0. The maximum absolute atomic E-state index is 9.33. The van der Waals surface area contributed by atoms with Crippen LogP contribution in [0.25, 0.3) is 0 Å². The van der Waals surface area contributed by atoms with Crippen molar-refractivity contribution in [2.24, 2.45) is 0 Å². The average Bonchev–Trinajstić information content (AvgIpc) is 2.92. The van der Waals surface area contributed by atoms with Crippen LogP contribution >= 0.6 is 0 Å². The Hall–Kier alpha value is -0.597. The molecule has 0 bridgehead atoms. The van der Waals surface area contributed by atoms with Gasteiger partial charge in [0.05, 0.1) is 19.8 Å². The fourth-order valence-corrected chi connectivity index (χ4v) is 1.30. The first-order valence-corrected chi connectivity index (χ1v) is 4.27. The van der Waals surface area contributed by atoms with E-state index in [2.05, 4.69) is 0 Å². The fraction of sp³-hybridized carbons (Fsp3) is 0.400. The third kappa shape index (κ3) is 2.69. The summed E-state index contributed by atoms with van der Waals surface area (Å²) in [7, 11) is 1.55. The van der Waals surface area contributed by atoms with Gasteiger partial charge in [0, 0.05) is 25.9 Å². The third-order valence-electron chi connectivity index (χ3n) is 2.11. The third-order valence-corrected chi connectivity index (χ3v) is 2.11. The molecule has 0 amide bonds. The Kier molecular flexibility index (Phi) is 3.90. The van der Waals surface area contributed by atoms with E-state index in [1.54, 1.807) is 13.2 Å². The number of methoxy groups -OCH3 is 1. The van der Waals surface area contributed by atoms with Crippen LogP contribution in [0.5, 0.6) is 11.5 Å². The number of aromatic hydroxyl groups is 1. The first-order valence-electron chi connectivity index (χ1n) is 4.27. The van der Waals surface area contributed by atoms with E-state index in [4.69, 9.17) is 9.47 Å². The van der Waals surface area contributed by atoms with Crippen molar-refractivity contribution in [3.05, 3.63) is 23.8 Å². The van der Waals surface area contributed by atoms with Gasteiger partial charge in [0.2, 0.25) is 0 Å². The molecule has 1 aliphatic heterocycles. The zero-order chi connectivity index (χ0) is 9.26. The summed E-state index contributed by atoms with van der Waals surface area (Å²) in [5.41, 5.74) is 1.14. The Morgan fingerprint density at radius 3 is 2.86 bits per heavy atom. The fourth-order valence-electron chi connectivity index (χ4n) is 1.30. The van der Waals surface area contributed by atoms with Crippen LogP contribution in [-0.2, 0) is 30.6 Å². The molecule has 4 heteroatoms. The van der Waals surface area contributed by atoms with Gasteiger partial charge in [-0.15, -0.1) is 0 Å². The van der Waals surface area contributed by atoms with Crippen molar-refractivity contribution in [2.75, 3.05) is 13.7 Å². The molecule has 1 heterocycles.